The number of carbonyl (C=O) groups excluding carboxylic acids is 1. The maximum atomic E-state index is 12.2. The van der Waals surface area contributed by atoms with Gasteiger partial charge in [0.2, 0.25) is 11.1 Å². The molecule has 0 saturated heterocycles. The number of aromatic nitrogens is 4. The molecular weight excluding hydrogens is 420 g/mol. The van der Waals surface area contributed by atoms with E-state index in [4.69, 9.17) is 0 Å². The van der Waals surface area contributed by atoms with Gasteiger partial charge in [0.25, 0.3) is 5.78 Å². The van der Waals surface area contributed by atoms with Gasteiger partial charge in [-0.3, -0.25) is 4.79 Å². The van der Waals surface area contributed by atoms with Crippen molar-refractivity contribution in [3.05, 3.63) is 52.3 Å². The van der Waals surface area contributed by atoms with Crippen molar-refractivity contribution in [3.8, 4) is 0 Å². The Morgan fingerprint density at radius 1 is 1.09 bits per heavy atom. The average molecular weight is 455 g/mol. The zero-order chi connectivity index (χ0) is 23.1. The van der Waals surface area contributed by atoms with Crippen molar-refractivity contribution in [2.45, 2.75) is 52.6 Å². The summed E-state index contributed by atoms with van der Waals surface area (Å²) in [5, 5.41) is 8.16. The Kier molecular flexibility index (Phi) is 8.64. The summed E-state index contributed by atoms with van der Waals surface area (Å²) in [5.74, 6) is 0.889. The Balaban J connectivity index is 1.59. The lowest BCUT2D eigenvalue weighted by Gasteiger charge is -2.17. The van der Waals surface area contributed by atoms with E-state index in [0.29, 0.717) is 23.2 Å². The normalized spacial score (nSPS) is 11.4. The lowest BCUT2D eigenvalue weighted by atomic mass is 10.0. The summed E-state index contributed by atoms with van der Waals surface area (Å²) >= 11 is 1.35. The molecule has 0 atom stereocenters. The minimum absolute atomic E-state index is 0.00863. The molecule has 3 rings (SSSR count). The molecule has 1 aromatic carbocycles. The lowest BCUT2D eigenvalue weighted by Crippen LogP contribution is -2.30. The van der Waals surface area contributed by atoms with Gasteiger partial charge in [0, 0.05) is 24.4 Å². The fourth-order valence-corrected chi connectivity index (χ4v) is 4.32. The average Bonchev–Trinajstić information content (AvgIpc) is 3.19. The van der Waals surface area contributed by atoms with Gasteiger partial charge in [0.1, 0.15) is 0 Å². The van der Waals surface area contributed by atoms with E-state index >= 15 is 0 Å². The van der Waals surface area contributed by atoms with Crippen molar-refractivity contribution >= 4 is 23.4 Å². The minimum Gasteiger partial charge on any atom is -0.355 e. The summed E-state index contributed by atoms with van der Waals surface area (Å²) in [5.41, 5.74) is 5.66. The SMILES string of the molecule is CCN(CC)CCCNC(=O)CSc1nc2nc(C)c(Cc3ccc(C)cc3)c(C)n2n1. The number of nitrogens with one attached hydrogen (secondary N) is 1. The molecule has 0 radical (unpaired) electrons. The quantitative estimate of drug-likeness (QED) is 0.353. The first kappa shape index (κ1) is 24.2. The van der Waals surface area contributed by atoms with Crippen LogP contribution in [-0.2, 0) is 11.2 Å². The topological polar surface area (TPSA) is 75.4 Å². The van der Waals surface area contributed by atoms with Crippen molar-refractivity contribution in [2.75, 3.05) is 31.9 Å². The van der Waals surface area contributed by atoms with E-state index in [9.17, 15) is 4.79 Å². The second-order valence-corrected chi connectivity index (χ2v) is 8.99. The number of aryl methyl sites for hydroxylation is 3. The van der Waals surface area contributed by atoms with Crippen molar-refractivity contribution < 1.29 is 4.79 Å². The first-order valence-electron chi connectivity index (χ1n) is 11.3. The zero-order valence-corrected chi connectivity index (χ0v) is 20.6. The summed E-state index contributed by atoms with van der Waals surface area (Å²) in [6.45, 7) is 14.3. The fraction of sp³-hybridized carbons (Fsp3) is 0.500. The van der Waals surface area contributed by atoms with Crippen LogP contribution in [0.1, 0.15) is 48.3 Å². The van der Waals surface area contributed by atoms with Crippen LogP contribution in [0.5, 0.6) is 0 Å². The van der Waals surface area contributed by atoms with Crippen LogP contribution in [0, 0.1) is 20.8 Å². The van der Waals surface area contributed by atoms with E-state index in [1.165, 1.54) is 22.9 Å². The predicted molar refractivity (Wildman–Crippen MR) is 130 cm³/mol. The van der Waals surface area contributed by atoms with Crippen LogP contribution >= 0.6 is 11.8 Å². The molecule has 2 heterocycles. The highest BCUT2D eigenvalue weighted by atomic mass is 32.2. The Morgan fingerprint density at radius 3 is 2.50 bits per heavy atom. The second-order valence-electron chi connectivity index (χ2n) is 8.05. The lowest BCUT2D eigenvalue weighted by molar-refractivity contribution is -0.118. The molecule has 172 valence electrons. The summed E-state index contributed by atoms with van der Waals surface area (Å²) in [6.07, 6.45) is 1.76. The molecule has 8 heteroatoms. The molecular formula is C24H34N6OS. The number of fused-ring (bicyclic) bond motifs is 1. The van der Waals surface area contributed by atoms with Gasteiger partial charge in [-0.25, -0.2) is 9.50 Å². The second kappa shape index (κ2) is 11.4. The highest BCUT2D eigenvalue weighted by molar-refractivity contribution is 7.99. The Hall–Kier alpha value is -2.45. The molecule has 1 N–H and O–H groups in total. The summed E-state index contributed by atoms with van der Waals surface area (Å²) in [7, 11) is 0. The van der Waals surface area contributed by atoms with E-state index in [2.05, 4.69) is 77.2 Å². The smallest absolute Gasteiger partial charge is 0.253 e. The molecule has 1 amide bonds. The van der Waals surface area contributed by atoms with Gasteiger partial charge in [-0.05, 0) is 58.0 Å². The van der Waals surface area contributed by atoms with Gasteiger partial charge in [0.15, 0.2) is 0 Å². The third-order valence-corrected chi connectivity index (χ3v) is 6.57. The van der Waals surface area contributed by atoms with E-state index in [0.717, 1.165) is 49.4 Å². The first-order valence-corrected chi connectivity index (χ1v) is 12.3. The first-order chi connectivity index (χ1) is 15.4. The van der Waals surface area contributed by atoms with Crippen molar-refractivity contribution in [1.82, 2.24) is 29.8 Å². The minimum atomic E-state index is 0.00863. The maximum Gasteiger partial charge on any atom is 0.253 e. The van der Waals surface area contributed by atoms with Gasteiger partial charge >= 0.3 is 0 Å². The standard InChI is InChI=1S/C24H34N6OS/c1-6-29(7-2)14-8-13-25-22(31)16-32-24-27-23-26-18(4)21(19(5)30(23)28-24)15-20-11-9-17(3)10-12-20/h9-12H,6-8,13-16H2,1-5H3,(H,25,31). The molecule has 0 aliphatic carbocycles. The van der Waals surface area contributed by atoms with Crippen LogP contribution in [0.2, 0.25) is 0 Å². The van der Waals surface area contributed by atoms with E-state index in [-0.39, 0.29) is 5.91 Å². The van der Waals surface area contributed by atoms with Crippen LogP contribution in [0.3, 0.4) is 0 Å². The van der Waals surface area contributed by atoms with Crippen LogP contribution in [0.15, 0.2) is 29.4 Å². The van der Waals surface area contributed by atoms with Crippen LogP contribution in [0.25, 0.3) is 5.78 Å². The highest BCUT2D eigenvalue weighted by Crippen LogP contribution is 2.20. The molecule has 0 spiro atoms. The molecule has 0 fully saturated rings. The number of rotatable bonds is 11. The predicted octanol–water partition coefficient (Wildman–Crippen LogP) is 3.58. The summed E-state index contributed by atoms with van der Waals surface area (Å²) < 4.78 is 1.79. The molecule has 7 nitrogen and oxygen atoms in total. The van der Waals surface area contributed by atoms with Crippen LogP contribution in [-0.4, -0.2) is 62.3 Å². The molecule has 0 saturated carbocycles. The van der Waals surface area contributed by atoms with Gasteiger partial charge in [0.05, 0.1) is 5.75 Å². The van der Waals surface area contributed by atoms with Crippen molar-refractivity contribution in [3.63, 3.8) is 0 Å². The largest absolute Gasteiger partial charge is 0.355 e. The Bertz CT molecular complexity index is 1040. The number of benzene rings is 1. The zero-order valence-electron chi connectivity index (χ0n) is 19.8. The van der Waals surface area contributed by atoms with Gasteiger partial charge < -0.3 is 10.2 Å². The Morgan fingerprint density at radius 2 is 1.81 bits per heavy atom. The fourth-order valence-electron chi connectivity index (χ4n) is 3.67. The van der Waals surface area contributed by atoms with Crippen molar-refractivity contribution in [1.29, 1.82) is 0 Å². The summed E-state index contributed by atoms with van der Waals surface area (Å²) in [6, 6.07) is 8.57. The molecule has 0 aliphatic rings. The van der Waals surface area contributed by atoms with Crippen molar-refractivity contribution in [2.24, 2.45) is 0 Å². The highest BCUT2D eigenvalue weighted by Gasteiger charge is 2.15. The molecule has 32 heavy (non-hydrogen) atoms. The van der Waals surface area contributed by atoms with Crippen LogP contribution < -0.4 is 5.32 Å². The van der Waals surface area contributed by atoms with Gasteiger partial charge in [-0.15, -0.1) is 5.10 Å². The number of amides is 1. The van der Waals surface area contributed by atoms with Gasteiger partial charge in [-0.2, -0.15) is 4.98 Å². The number of hydrogen-bond acceptors (Lipinski definition) is 6. The monoisotopic (exact) mass is 454 g/mol. The Labute approximate surface area is 195 Å². The number of thioether (sulfide) groups is 1. The molecule has 2 aromatic heterocycles. The third kappa shape index (κ3) is 6.29. The summed E-state index contributed by atoms with van der Waals surface area (Å²) in [4.78, 5) is 23.7. The number of nitrogens with zero attached hydrogens (tertiary/aromatic N) is 5. The number of hydrogen-bond donors (Lipinski definition) is 1. The molecule has 3 aromatic rings. The maximum absolute atomic E-state index is 12.2. The van der Waals surface area contributed by atoms with Crippen LogP contribution in [0.4, 0.5) is 0 Å². The third-order valence-electron chi connectivity index (χ3n) is 5.73. The van der Waals surface area contributed by atoms with Gasteiger partial charge in [-0.1, -0.05) is 55.4 Å². The molecule has 0 aliphatic heterocycles. The van der Waals surface area contributed by atoms with E-state index in [1.54, 1.807) is 4.52 Å². The van der Waals surface area contributed by atoms with E-state index < -0.39 is 0 Å². The molecule has 0 bridgehead atoms. The van der Waals surface area contributed by atoms with E-state index in [1.807, 2.05) is 6.92 Å². The number of carbonyl (C=O) groups is 1. The molecule has 0 unspecified atom stereocenters.